The standard InChI is InChI=1S/C35H41N3O5S/c1-4-10-27(30-23-36-31-18-15-25(21-29(30)31)12-9-14-34(39)38-19-7-8-20-38)28-17-16-26(22-32(28)43-3)35(40)37-44(41,42)33-13-6-5-11-24(33)2/h5-6,11,13,15-18,21-23,27,36H,4,7-10,12,14,19-20H2,1-3H3,(H,37,40). The number of amides is 2. The first-order valence-electron chi connectivity index (χ1n) is 15.4. The van der Waals surface area contributed by atoms with Crippen LogP contribution in [0.2, 0.25) is 0 Å². The minimum Gasteiger partial charge on any atom is -0.496 e. The van der Waals surface area contributed by atoms with Crippen LogP contribution in [0, 0.1) is 6.92 Å². The van der Waals surface area contributed by atoms with Gasteiger partial charge in [-0.05, 0) is 86.1 Å². The lowest BCUT2D eigenvalue weighted by atomic mass is 9.86. The number of aryl methyl sites for hydroxylation is 2. The molecule has 1 fully saturated rings. The second kappa shape index (κ2) is 13.7. The Balaban J connectivity index is 1.37. The van der Waals surface area contributed by atoms with Crippen LogP contribution in [0.15, 0.2) is 71.8 Å². The molecule has 0 spiro atoms. The van der Waals surface area contributed by atoms with Gasteiger partial charge in [-0.1, -0.05) is 43.7 Å². The largest absolute Gasteiger partial charge is 0.496 e. The maximum Gasteiger partial charge on any atom is 0.265 e. The van der Waals surface area contributed by atoms with Crippen molar-refractivity contribution in [1.29, 1.82) is 0 Å². The molecule has 1 atom stereocenters. The molecule has 0 saturated carbocycles. The van der Waals surface area contributed by atoms with Crippen LogP contribution in [0.3, 0.4) is 0 Å². The van der Waals surface area contributed by atoms with Crippen molar-refractivity contribution >= 4 is 32.7 Å². The van der Waals surface area contributed by atoms with Crippen molar-refractivity contribution in [3.8, 4) is 5.75 Å². The normalized spacial score (nSPS) is 14.1. The number of sulfonamides is 1. The third-order valence-electron chi connectivity index (χ3n) is 8.53. The summed E-state index contributed by atoms with van der Waals surface area (Å²) >= 11 is 0. The number of benzene rings is 3. The summed E-state index contributed by atoms with van der Waals surface area (Å²) in [6.07, 6.45) is 8.25. The number of hydrogen-bond donors (Lipinski definition) is 2. The molecule has 9 heteroatoms. The molecule has 1 unspecified atom stereocenters. The van der Waals surface area contributed by atoms with E-state index < -0.39 is 15.9 Å². The topological polar surface area (TPSA) is 109 Å². The Bertz CT molecular complexity index is 1760. The van der Waals surface area contributed by atoms with Gasteiger partial charge < -0.3 is 14.6 Å². The molecule has 0 bridgehead atoms. The number of rotatable bonds is 12. The lowest BCUT2D eigenvalue weighted by Crippen LogP contribution is -2.31. The maximum atomic E-state index is 13.1. The molecule has 232 valence electrons. The Kier molecular flexibility index (Phi) is 9.74. The van der Waals surface area contributed by atoms with Crippen LogP contribution in [-0.4, -0.2) is 50.3 Å². The molecule has 1 aliphatic heterocycles. The van der Waals surface area contributed by atoms with E-state index in [0.29, 0.717) is 17.7 Å². The fraction of sp³-hybridized carbons (Fsp3) is 0.371. The number of carbonyl (C=O) groups excluding carboxylic acids is 2. The van der Waals surface area contributed by atoms with Gasteiger partial charge in [0.05, 0.1) is 12.0 Å². The Morgan fingerprint density at radius 2 is 1.80 bits per heavy atom. The summed E-state index contributed by atoms with van der Waals surface area (Å²) in [5.41, 5.74) is 5.04. The number of nitrogens with zero attached hydrogens (tertiary/aromatic N) is 1. The van der Waals surface area contributed by atoms with E-state index in [9.17, 15) is 18.0 Å². The lowest BCUT2D eigenvalue weighted by Gasteiger charge is -2.20. The van der Waals surface area contributed by atoms with Crippen molar-refractivity contribution in [3.63, 3.8) is 0 Å². The zero-order chi connectivity index (χ0) is 31.3. The molecule has 2 amide bonds. The quantitative estimate of drug-likeness (QED) is 0.190. The molecule has 0 aliphatic carbocycles. The van der Waals surface area contributed by atoms with Gasteiger partial charge in [-0.3, -0.25) is 9.59 Å². The van der Waals surface area contributed by atoms with E-state index >= 15 is 0 Å². The molecule has 3 aromatic carbocycles. The number of hydrogen-bond acceptors (Lipinski definition) is 5. The number of aromatic amines is 1. The zero-order valence-corrected chi connectivity index (χ0v) is 26.5. The van der Waals surface area contributed by atoms with Gasteiger partial charge in [-0.2, -0.15) is 0 Å². The predicted octanol–water partition coefficient (Wildman–Crippen LogP) is 6.48. The number of ether oxygens (including phenoxy) is 1. The fourth-order valence-electron chi connectivity index (χ4n) is 6.20. The first-order chi connectivity index (χ1) is 21.2. The van der Waals surface area contributed by atoms with Crippen LogP contribution in [0.4, 0.5) is 0 Å². The molecular formula is C35H41N3O5S. The number of nitrogens with one attached hydrogen (secondary N) is 2. The van der Waals surface area contributed by atoms with Crippen molar-refractivity contribution in [2.75, 3.05) is 20.2 Å². The van der Waals surface area contributed by atoms with Gasteiger partial charge in [0.2, 0.25) is 5.91 Å². The second-order valence-corrected chi connectivity index (χ2v) is 13.2. The third-order valence-corrected chi connectivity index (χ3v) is 10.0. The highest BCUT2D eigenvalue weighted by atomic mass is 32.2. The molecule has 1 aliphatic rings. The number of likely N-dealkylation sites (tertiary alicyclic amines) is 1. The predicted molar refractivity (Wildman–Crippen MR) is 173 cm³/mol. The molecule has 8 nitrogen and oxygen atoms in total. The minimum atomic E-state index is -4.04. The molecule has 44 heavy (non-hydrogen) atoms. The van der Waals surface area contributed by atoms with Crippen molar-refractivity contribution in [1.82, 2.24) is 14.6 Å². The van der Waals surface area contributed by atoms with Crippen molar-refractivity contribution in [2.24, 2.45) is 0 Å². The van der Waals surface area contributed by atoms with Gasteiger partial charge in [-0.25, -0.2) is 13.1 Å². The van der Waals surface area contributed by atoms with Gasteiger partial charge in [0.1, 0.15) is 5.75 Å². The molecule has 1 saturated heterocycles. The molecule has 2 heterocycles. The van der Waals surface area contributed by atoms with Crippen molar-refractivity contribution in [3.05, 3.63) is 94.7 Å². The average molecular weight is 616 g/mol. The van der Waals surface area contributed by atoms with Gasteiger partial charge in [0, 0.05) is 53.7 Å². The Hall–Kier alpha value is -4.11. The SMILES string of the molecule is CCCC(c1ccc(C(=O)NS(=O)(=O)c2ccccc2C)cc1OC)c1c[nH]c2ccc(CCCC(=O)N3CCCC3)cc12. The maximum absolute atomic E-state index is 13.1. The Labute approximate surface area is 259 Å². The van der Waals surface area contributed by atoms with E-state index in [1.807, 2.05) is 17.2 Å². The number of carbonyl (C=O) groups is 2. The van der Waals surface area contributed by atoms with Gasteiger partial charge in [0.25, 0.3) is 15.9 Å². The second-order valence-electron chi connectivity index (χ2n) is 11.6. The zero-order valence-electron chi connectivity index (χ0n) is 25.7. The lowest BCUT2D eigenvalue weighted by molar-refractivity contribution is -0.130. The Morgan fingerprint density at radius 3 is 2.52 bits per heavy atom. The number of aromatic nitrogens is 1. The first kappa shape index (κ1) is 31.3. The first-order valence-corrected chi connectivity index (χ1v) is 16.9. The summed E-state index contributed by atoms with van der Waals surface area (Å²) in [4.78, 5) is 31.1. The van der Waals surface area contributed by atoms with Crippen molar-refractivity contribution < 1.29 is 22.7 Å². The highest BCUT2D eigenvalue weighted by Crippen LogP contribution is 2.39. The molecule has 0 radical (unpaired) electrons. The van der Waals surface area contributed by atoms with Gasteiger partial charge >= 0.3 is 0 Å². The van der Waals surface area contributed by atoms with Crippen LogP contribution >= 0.6 is 0 Å². The molecule has 1 aromatic heterocycles. The monoisotopic (exact) mass is 615 g/mol. The number of methoxy groups -OCH3 is 1. The summed E-state index contributed by atoms with van der Waals surface area (Å²) in [6, 6.07) is 18.1. The average Bonchev–Trinajstić information content (AvgIpc) is 3.70. The third kappa shape index (κ3) is 6.83. The van der Waals surface area contributed by atoms with Gasteiger partial charge in [-0.15, -0.1) is 0 Å². The molecular weight excluding hydrogens is 574 g/mol. The number of fused-ring (bicyclic) bond motifs is 1. The van der Waals surface area contributed by atoms with E-state index in [0.717, 1.165) is 73.6 Å². The van der Waals surface area contributed by atoms with Crippen LogP contribution in [0.1, 0.15) is 84.0 Å². The minimum absolute atomic E-state index is 0.0106. The van der Waals surface area contributed by atoms with E-state index in [4.69, 9.17) is 4.74 Å². The summed E-state index contributed by atoms with van der Waals surface area (Å²) in [5.74, 6) is 0.0508. The van der Waals surface area contributed by atoms with Crippen molar-refractivity contribution in [2.45, 2.75) is 69.6 Å². The fourth-order valence-corrected chi connectivity index (χ4v) is 7.42. The summed E-state index contributed by atoms with van der Waals surface area (Å²) in [7, 11) is -2.48. The summed E-state index contributed by atoms with van der Waals surface area (Å²) in [5, 5.41) is 1.13. The van der Waals surface area contributed by atoms with Crippen LogP contribution in [-0.2, 0) is 21.2 Å². The van der Waals surface area contributed by atoms with E-state index in [-0.39, 0.29) is 22.3 Å². The summed E-state index contributed by atoms with van der Waals surface area (Å²) in [6.45, 7) is 5.60. The molecule has 4 aromatic rings. The number of H-pyrrole nitrogens is 1. The van der Waals surface area contributed by atoms with Gasteiger partial charge in [0.15, 0.2) is 0 Å². The highest BCUT2D eigenvalue weighted by molar-refractivity contribution is 7.90. The van der Waals surface area contributed by atoms with Crippen LogP contribution in [0.25, 0.3) is 10.9 Å². The van der Waals surface area contributed by atoms with E-state index in [1.54, 1.807) is 44.4 Å². The molecule has 2 N–H and O–H groups in total. The van der Waals surface area contributed by atoms with E-state index in [1.165, 1.54) is 11.6 Å². The van der Waals surface area contributed by atoms with Crippen LogP contribution in [0.5, 0.6) is 5.75 Å². The molecule has 5 rings (SSSR count). The Morgan fingerprint density at radius 1 is 1.02 bits per heavy atom. The smallest absolute Gasteiger partial charge is 0.265 e. The van der Waals surface area contributed by atoms with Crippen LogP contribution < -0.4 is 9.46 Å². The summed E-state index contributed by atoms with van der Waals surface area (Å²) < 4.78 is 33.8. The van der Waals surface area contributed by atoms with E-state index in [2.05, 4.69) is 34.8 Å². The highest BCUT2D eigenvalue weighted by Gasteiger charge is 2.25.